The second-order valence-corrected chi connectivity index (χ2v) is 7.79. The number of hydrogen-bond donors (Lipinski definition) is 2. The molecule has 0 fully saturated rings. The third kappa shape index (κ3) is 4.64. The Morgan fingerprint density at radius 1 is 1.00 bits per heavy atom. The van der Waals surface area contributed by atoms with Crippen molar-refractivity contribution < 1.29 is 23.5 Å². The Morgan fingerprint density at radius 2 is 1.73 bits per heavy atom. The predicted molar refractivity (Wildman–Crippen MR) is 127 cm³/mol. The number of nitrogens with one attached hydrogen (secondary N) is 2. The van der Waals surface area contributed by atoms with Crippen molar-refractivity contribution in [1.82, 2.24) is 14.9 Å². The van der Waals surface area contributed by atoms with E-state index in [1.54, 1.807) is 33.1 Å². The molecule has 2 aromatic carbocycles. The van der Waals surface area contributed by atoms with E-state index in [-0.39, 0.29) is 0 Å². The summed E-state index contributed by atoms with van der Waals surface area (Å²) in [4.78, 5) is 0.798. The summed E-state index contributed by atoms with van der Waals surface area (Å²) in [6.45, 7) is 0.428. The van der Waals surface area contributed by atoms with Crippen molar-refractivity contribution in [2.75, 3.05) is 38.5 Å². The molecule has 10 nitrogen and oxygen atoms in total. The topological polar surface area (TPSA) is 105 Å². The Kier molecular flexibility index (Phi) is 6.80. The van der Waals surface area contributed by atoms with Crippen LogP contribution >= 0.6 is 11.9 Å². The number of hydrogen-bond acceptors (Lipinski definition) is 10. The van der Waals surface area contributed by atoms with Crippen LogP contribution in [0.15, 0.2) is 45.8 Å². The second-order valence-electron chi connectivity index (χ2n) is 6.98. The molecule has 174 valence electrons. The molecule has 2 heterocycles. The van der Waals surface area contributed by atoms with Gasteiger partial charge in [0.1, 0.15) is 28.0 Å². The van der Waals surface area contributed by atoms with E-state index in [0.717, 1.165) is 27.5 Å². The van der Waals surface area contributed by atoms with Gasteiger partial charge in [-0.05, 0) is 30.1 Å². The van der Waals surface area contributed by atoms with E-state index < -0.39 is 0 Å². The highest BCUT2D eigenvalue weighted by Crippen LogP contribution is 2.40. The highest BCUT2D eigenvalue weighted by atomic mass is 32.2. The summed E-state index contributed by atoms with van der Waals surface area (Å²) < 4.78 is 32.2. The minimum Gasteiger partial charge on any atom is -0.495 e. The average molecular weight is 472 g/mol. The molecule has 4 aromatic rings. The summed E-state index contributed by atoms with van der Waals surface area (Å²) in [6.07, 6.45) is 0. The number of aryl methyl sites for hydroxylation is 1. The van der Waals surface area contributed by atoms with E-state index in [9.17, 15) is 0 Å². The van der Waals surface area contributed by atoms with Gasteiger partial charge < -0.3 is 33.5 Å². The quantitative estimate of drug-likeness (QED) is 0.319. The van der Waals surface area contributed by atoms with Gasteiger partial charge in [-0.2, -0.15) is 5.10 Å². The first-order chi connectivity index (χ1) is 16.1. The number of fused-ring (bicyclic) bond motifs is 1. The van der Waals surface area contributed by atoms with Crippen molar-refractivity contribution in [2.24, 2.45) is 7.05 Å². The molecule has 4 rings (SSSR count). The van der Waals surface area contributed by atoms with E-state index in [1.807, 2.05) is 43.4 Å². The summed E-state index contributed by atoms with van der Waals surface area (Å²) >= 11 is 1.32. The molecule has 0 radical (unpaired) electrons. The van der Waals surface area contributed by atoms with Gasteiger partial charge in [-0.1, -0.05) is 11.2 Å². The van der Waals surface area contributed by atoms with Gasteiger partial charge in [0.2, 0.25) is 0 Å². The van der Waals surface area contributed by atoms with Gasteiger partial charge in [-0.25, -0.2) is 0 Å². The molecule has 0 saturated heterocycles. The predicted octanol–water partition coefficient (Wildman–Crippen LogP) is 4.60. The largest absolute Gasteiger partial charge is 0.495 e. The molecule has 11 heteroatoms. The third-order valence-corrected chi connectivity index (χ3v) is 5.81. The van der Waals surface area contributed by atoms with E-state index in [0.29, 0.717) is 35.3 Å². The highest BCUT2D eigenvalue weighted by molar-refractivity contribution is 8.00. The summed E-state index contributed by atoms with van der Waals surface area (Å²) in [7, 11) is 8.33. The van der Waals surface area contributed by atoms with Crippen LogP contribution in [0.2, 0.25) is 0 Å². The number of anilines is 3. The van der Waals surface area contributed by atoms with E-state index in [1.165, 1.54) is 11.9 Å². The summed E-state index contributed by atoms with van der Waals surface area (Å²) in [6, 6.07) is 11.2. The molecule has 0 aliphatic heterocycles. The van der Waals surface area contributed by atoms with Crippen LogP contribution in [0.4, 0.5) is 17.3 Å². The molecular formula is C22H25N5O5S. The minimum absolute atomic E-state index is 0.428. The van der Waals surface area contributed by atoms with Crippen LogP contribution in [0.25, 0.3) is 11.0 Å². The maximum Gasteiger partial charge on any atom is 0.187 e. The Hall–Kier alpha value is -3.57. The number of methoxy groups -OCH3 is 4. The van der Waals surface area contributed by atoms with Crippen molar-refractivity contribution in [3.8, 4) is 17.2 Å². The van der Waals surface area contributed by atoms with Gasteiger partial charge in [-0.3, -0.25) is 4.68 Å². The van der Waals surface area contributed by atoms with Crippen LogP contribution in [0.5, 0.6) is 17.2 Å². The van der Waals surface area contributed by atoms with E-state index in [2.05, 4.69) is 20.3 Å². The van der Waals surface area contributed by atoms with Gasteiger partial charge in [0.15, 0.2) is 11.4 Å². The molecule has 0 atom stereocenters. The number of rotatable bonds is 10. The Balaban J connectivity index is 1.61. The maximum atomic E-state index is 5.62. The third-order valence-electron chi connectivity index (χ3n) is 4.91. The molecule has 0 spiro atoms. The molecule has 0 saturated carbocycles. The van der Waals surface area contributed by atoms with Crippen LogP contribution < -0.4 is 24.2 Å². The van der Waals surface area contributed by atoms with Crippen LogP contribution in [0.3, 0.4) is 0 Å². The lowest BCUT2D eigenvalue weighted by atomic mass is 10.2. The maximum absolute atomic E-state index is 5.62. The summed E-state index contributed by atoms with van der Waals surface area (Å²) in [5.74, 6) is 3.34. The van der Waals surface area contributed by atoms with E-state index in [4.69, 9.17) is 23.5 Å². The summed E-state index contributed by atoms with van der Waals surface area (Å²) in [5, 5.41) is 12.7. The Bertz CT molecular complexity index is 1230. The zero-order valence-corrected chi connectivity index (χ0v) is 19.8. The fourth-order valence-corrected chi connectivity index (χ4v) is 4.17. The normalized spacial score (nSPS) is 10.9. The zero-order chi connectivity index (χ0) is 23.4. The first-order valence-corrected chi connectivity index (χ1v) is 10.8. The van der Waals surface area contributed by atoms with Crippen molar-refractivity contribution >= 4 is 40.2 Å². The first kappa shape index (κ1) is 22.6. The molecule has 0 unspecified atom stereocenters. The molecule has 0 aliphatic carbocycles. The van der Waals surface area contributed by atoms with Gasteiger partial charge in [0, 0.05) is 26.3 Å². The van der Waals surface area contributed by atoms with Crippen molar-refractivity contribution in [3.05, 3.63) is 42.1 Å². The number of ether oxygens (including phenoxy) is 4. The van der Waals surface area contributed by atoms with Gasteiger partial charge >= 0.3 is 0 Å². The van der Waals surface area contributed by atoms with Crippen molar-refractivity contribution in [3.63, 3.8) is 0 Å². The molecule has 0 aliphatic rings. The summed E-state index contributed by atoms with van der Waals surface area (Å²) in [5.41, 5.74) is 2.13. The number of benzene rings is 2. The highest BCUT2D eigenvalue weighted by Gasteiger charge is 2.17. The van der Waals surface area contributed by atoms with Crippen LogP contribution in [-0.4, -0.2) is 43.4 Å². The zero-order valence-electron chi connectivity index (χ0n) is 19.0. The van der Waals surface area contributed by atoms with Gasteiger partial charge in [0.25, 0.3) is 0 Å². The van der Waals surface area contributed by atoms with Crippen molar-refractivity contribution in [2.45, 2.75) is 11.5 Å². The monoisotopic (exact) mass is 471 g/mol. The lowest BCUT2D eigenvalue weighted by molar-refractivity contribution is 0.181. The Labute approximate surface area is 195 Å². The average Bonchev–Trinajstić information content (AvgIpc) is 3.38. The standard InChI is InChI=1S/C22H25N5O5S/c1-27-20(9-13(24-27)12-28-2)23-15-11-18-14(10-19(15)31-5)22(25-32-18)26-33-21-16(29-3)7-6-8-17(21)30-4/h6-11,23H,12H2,1-5H3,(H,25,26). The fraction of sp³-hybridized carbons (Fsp3) is 0.273. The first-order valence-electron chi connectivity index (χ1n) is 9.98. The lowest BCUT2D eigenvalue weighted by Gasteiger charge is -2.13. The fourth-order valence-electron chi connectivity index (χ4n) is 3.32. The lowest BCUT2D eigenvalue weighted by Crippen LogP contribution is -2.01. The van der Waals surface area contributed by atoms with Crippen molar-refractivity contribution in [1.29, 1.82) is 0 Å². The SMILES string of the molecule is COCc1cc(Nc2cc3onc(NSc4c(OC)cccc4OC)c3cc2OC)n(C)n1. The van der Waals surface area contributed by atoms with Crippen LogP contribution in [0.1, 0.15) is 5.69 Å². The molecule has 0 amide bonds. The molecule has 2 N–H and O–H groups in total. The number of aromatic nitrogens is 3. The van der Waals surface area contributed by atoms with E-state index >= 15 is 0 Å². The van der Waals surface area contributed by atoms with Crippen LogP contribution in [-0.2, 0) is 18.4 Å². The molecular weight excluding hydrogens is 446 g/mol. The molecule has 0 bridgehead atoms. The number of nitrogens with zero attached hydrogens (tertiary/aromatic N) is 3. The smallest absolute Gasteiger partial charge is 0.187 e. The molecule has 2 aromatic heterocycles. The van der Waals surface area contributed by atoms with Crippen LogP contribution in [0, 0.1) is 0 Å². The Morgan fingerprint density at radius 3 is 2.39 bits per heavy atom. The molecule has 33 heavy (non-hydrogen) atoms. The van der Waals surface area contributed by atoms with Gasteiger partial charge in [0.05, 0.1) is 44.7 Å². The minimum atomic E-state index is 0.428. The van der Waals surface area contributed by atoms with Gasteiger partial charge in [-0.15, -0.1) is 0 Å². The second kappa shape index (κ2) is 9.92.